The van der Waals surface area contributed by atoms with Gasteiger partial charge in [0.2, 0.25) is 10.0 Å². The first-order valence-corrected chi connectivity index (χ1v) is 14.0. The van der Waals surface area contributed by atoms with Crippen molar-refractivity contribution in [1.29, 1.82) is 0 Å². The SMILES string of the molecule is CCN(CC)S(=O)(=O)c1ccc(C(=O)Nc2c3c(nn2-c2ccc(C)cc2C)CS(=O)C3)cc1. The van der Waals surface area contributed by atoms with Crippen LogP contribution in [0.5, 0.6) is 0 Å². The van der Waals surface area contributed by atoms with Crippen molar-refractivity contribution in [1.82, 2.24) is 14.1 Å². The van der Waals surface area contributed by atoms with Crippen molar-refractivity contribution < 1.29 is 17.4 Å². The molecule has 0 spiro atoms. The molecule has 34 heavy (non-hydrogen) atoms. The maximum absolute atomic E-state index is 13.1. The van der Waals surface area contributed by atoms with Gasteiger partial charge in [-0.3, -0.25) is 9.00 Å². The largest absolute Gasteiger partial charge is 0.306 e. The third-order valence-corrected chi connectivity index (χ3v) is 9.21. The molecular formula is C24H28N4O4S2. The van der Waals surface area contributed by atoms with Crippen molar-refractivity contribution in [2.75, 3.05) is 18.4 Å². The number of rotatable bonds is 7. The molecule has 1 amide bonds. The van der Waals surface area contributed by atoms with Crippen LogP contribution >= 0.6 is 0 Å². The number of aryl methyl sites for hydroxylation is 2. The molecule has 0 radical (unpaired) electrons. The van der Waals surface area contributed by atoms with E-state index < -0.39 is 26.7 Å². The van der Waals surface area contributed by atoms with Gasteiger partial charge >= 0.3 is 0 Å². The Morgan fingerprint density at radius 1 is 1.09 bits per heavy atom. The summed E-state index contributed by atoms with van der Waals surface area (Å²) < 4.78 is 40.7. The Kier molecular flexibility index (Phi) is 6.75. The van der Waals surface area contributed by atoms with Crippen LogP contribution in [0.25, 0.3) is 5.69 Å². The second-order valence-electron chi connectivity index (χ2n) is 8.27. The number of benzene rings is 2. The monoisotopic (exact) mass is 500 g/mol. The molecule has 0 saturated heterocycles. The third-order valence-electron chi connectivity index (χ3n) is 5.94. The molecule has 0 fully saturated rings. The lowest BCUT2D eigenvalue weighted by Gasteiger charge is -2.18. The summed E-state index contributed by atoms with van der Waals surface area (Å²) in [5.41, 5.74) is 4.76. The van der Waals surface area contributed by atoms with Gasteiger partial charge in [-0.2, -0.15) is 9.40 Å². The first kappa shape index (κ1) is 24.3. The summed E-state index contributed by atoms with van der Waals surface area (Å²) in [6.45, 7) is 8.30. The smallest absolute Gasteiger partial charge is 0.256 e. The lowest BCUT2D eigenvalue weighted by atomic mass is 10.1. The molecule has 0 bridgehead atoms. The number of nitrogens with zero attached hydrogens (tertiary/aromatic N) is 3. The predicted molar refractivity (Wildman–Crippen MR) is 133 cm³/mol. The molecule has 4 rings (SSSR count). The Morgan fingerprint density at radius 2 is 1.76 bits per heavy atom. The Hall–Kier alpha value is -2.82. The topological polar surface area (TPSA) is 101 Å². The normalized spacial score (nSPS) is 15.5. The van der Waals surface area contributed by atoms with Crippen LogP contribution in [0.15, 0.2) is 47.4 Å². The van der Waals surface area contributed by atoms with E-state index in [9.17, 15) is 17.4 Å². The van der Waals surface area contributed by atoms with E-state index in [2.05, 4.69) is 10.4 Å². The van der Waals surface area contributed by atoms with Crippen LogP contribution in [0.2, 0.25) is 0 Å². The highest BCUT2D eigenvalue weighted by Crippen LogP contribution is 2.32. The molecule has 0 saturated carbocycles. The maximum atomic E-state index is 13.1. The fraction of sp³-hybridized carbons (Fsp3) is 0.333. The first-order chi connectivity index (χ1) is 16.1. The second kappa shape index (κ2) is 9.44. The van der Waals surface area contributed by atoms with Crippen molar-refractivity contribution in [3.8, 4) is 5.69 Å². The summed E-state index contributed by atoms with van der Waals surface area (Å²) >= 11 is 0. The minimum Gasteiger partial charge on any atom is -0.306 e. The number of amides is 1. The molecule has 1 aliphatic heterocycles. The molecule has 1 atom stereocenters. The number of nitrogens with one attached hydrogen (secondary N) is 1. The standard InChI is InChI=1S/C24H28N4O4S2/c1-5-27(6-2)34(31,32)19-10-8-18(9-11-19)24(29)25-23-20-14-33(30)15-21(20)26-28(23)22-12-7-16(3)13-17(22)4/h7-13H,5-6,14-15H2,1-4H3,(H,25,29). The Bertz CT molecular complexity index is 1370. The van der Waals surface area contributed by atoms with Gasteiger partial charge in [-0.1, -0.05) is 31.5 Å². The van der Waals surface area contributed by atoms with Gasteiger partial charge < -0.3 is 5.32 Å². The average molecular weight is 501 g/mol. The average Bonchev–Trinajstić information content (AvgIpc) is 3.31. The van der Waals surface area contributed by atoms with Crippen LogP contribution in [-0.4, -0.2) is 45.7 Å². The Morgan fingerprint density at radius 3 is 2.38 bits per heavy atom. The second-order valence-corrected chi connectivity index (χ2v) is 11.7. The number of anilines is 1. The van der Waals surface area contributed by atoms with Gasteiger partial charge in [0, 0.05) is 35.0 Å². The number of carbonyl (C=O) groups is 1. The molecule has 2 heterocycles. The number of fused-ring (bicyclic) bond motifs is 1. The van der Waals surface area contributed by atoms with E-state index in [0.717, 1.165) is 22.4 Å². The fourth-order valence-corrected chi connectivity index (χ4v) is 6.87. The Balaban J connectivity index is 1.67. The lowest BCUT2D eigenvalue weighted by Crippen LogP contribution is -2.30. The fourth-order valence-electron chi connectivity index (χ4n) is 4.14. The minimum absolute atomic E-state index is 0.143. The van der Waals surface area contributed by atoms with Gasteiger partial charge in [-0.25, -0.2) is 13.1 Å². The number of hydrogen-bond donors (Lipinski definition) is 1. The first-order valence-electron chi connectivity index (χ1n) is 11.1. The zero-order valence-corrected chi connectivity index (χ0v) is 21.3. The van der Waals surface area contributed by atoms with Crippen molar-refractivity contribution >= 4 is 32.5 Å². The predicted octanol–water partition coefficient (Wildman–Crippen LogP) is 3.53. The summed E-state index contributed by atoms with van der Waals surface area (Å²) in [5, 5.41) is 7.60. The van der Waals surface area contributed by atoms with E-state index in [1.807, 2.05) is 32.0 Å². The van der Waals surface area contributed by atoms with Crippen LogP contribution in [0.4, 0.5) is 5.82 Å². The van der Waals surface area contributed by atoms with Gasteiger partial charge in [0.05, 0.1) is 27.8 Å². The highest BCUT2D eigenvalue weighted by Gasteiger charge is 2.29. The summed E-state index contributed by atoms with van der Waals surface area (Å²) in [7, 11) is -4.65. The molecule has 2 aromatic carbocycles. The molecule has 1 unspecified atom stereocenters. The van der Waals surface area contributed by atoms with E-state index in [4.69, 9.17) is 0 Å². The summed E-state index contributed by atoms with van der Waals surface area (Å²) in [4.78, 5) is 13.3. The van der Waals surface area contributed by atoms with Crippen molar-refractivity contribution in [2.45, 2.75) is 44.1 Å². The van der Waals surface area contributed by atoms with Crippen molar-refractivity contribution in [2.24, 2.45) is 0 Å². The van der Waals surface area contributed by atoms with Crippen LogP contribution in [0, 0.1) is 13.8 Å². The number of sulfonamides is 1. The number of hydrogen-bond acceptors (Lipinski definition) is 5. The molecule has 10 heteroatoms. The quantitative estimate of drug-likeness (QED) is 0.535. The highest BCUT2D eigenvalue weighted by molar-refractivity contribution is 7.89. The van der Waals surface area contributed by atoms with Crippen LogP contribution in [-0.2, 0) is 32.3 Å². The summed E-state index contributed by atoms with van der Waals surface area (Å²) in [6, 6.07) is 11.9. The van der Waals surface area contributed by atoms with Crippen LogP contribution < -0.4 is 5.32 Å². The molecule has 180 valence electrons. The zero-order chi connectivity index (χ0) is 24.6. The number of aromatic nitrogens is 2. The van der Waals surface area contributed by atoms with Gasteiger partial charge in [0.15, 0.2) is 0 Å². The maximum Gasteiger partial charge on any atom is 0.256 e. The van der Waals surface area contributed by atoms with Gasteiger partial charge in [-0.15, -0.1) is 0 Å². The molecule has 1 aliphatic rings. The van der Waals surface area contributed by atoms with Crippen LogP contribution in [0.1, 0.15) is 46.6 Å². The highest BCUT2D eigenvalue weighted by atomic mass is 32.2. The summed E-state index contributed by atoms with van der Waals surface area (Å²) in [6.07, 6.45) is 0. The summed E-state index contributed by atoms with van der Waals surface area (Å²) in [5.74, 6) is 0.793. The molecule has 1 aromatic heterocycles. The van der Waals surface area contributed by atoms with E-state index in [-0.39, 0.29) is 4.90 Å². The van der Waals surface area contributed by atoms with Gasteiger partial charge in [-0.05, 0) is 49.7 Å². The van der Waals surface area contributed by atoms with Crippen LogP contribution in [0.3, 0.4) is 0 Å². The van der Waals surface area contributed by atoms with Crippen molar-refractivity contribution in [3.63, 3.8) is 0 Å². The van der Waals surface area contributed by atoms with E-state index in [1.165, 1.54) is 28.6 Å². The van der Waals surface area contributed by atoms with Gasteiger partial charge in [0.25, 0.3) is 5.91 Å². The van der Waals surface area contributed by atoms with E-state index >= 15 is 0 Å². The van der Waals surface area contributed by atoms with Gasteiger partial charge in [0.1, 0.15) is 5.82 Å². The number of carbonyl (C=O) groups excluding carboxylic acids is 1. The molecule has 0 aliphatic carbocycles. The van der Waals surface area contributed by atoms with E-state index in [0.29, 0.717) is 41.7 Å². The minimum atomic E-state index is -3.61. The Labute approximate surface area is 202 Å². The molecule has 1 N–H and O–H groups in total. The third kappa shape index (κ3) is 4.45. The lowest BCUT2D eigenvalue weighted by molar-refractivity contribution is 0.102. The van der Waals surface area contributed by atoms with E-state index in [1.54, 1.807) is 18.5 Å². The van der Waals surface area contributed by atoms with Crippen molar-refractivity contribution in [3.05, 3.63) is 70.4 Å². The molecule has 8 nitrogen and oxygen atoms in total. The zero-order valence-electron chi connectivity index (χ0n) is 19.7. The molecule has 3 aromatic rings. The molecular weight excluding hydrogens is 472 g/mol.